The first-order valence-corrected chi connectivity index (χ1v) is 6.34. The molecule has 7 heteroatoms. The smallest absolute Gasteiger partial charge is 0.241 e. The minimum absolute atomic E-state index is 0.212. The Morgan fingerprint density at radius 1 is 1.37 bits per heavy atom. The van der Waals surface area contributed by atoms with Crippen LogP contribution < -0.4 is 10.6 Å². The van der Waals surface area contributed by atoms with Crippen LogP contribution in [0.1, 0.15) is 26.7 Å². The van der Waals surface area contributed by atoms with Gasteiger partial charge in [0.2, 0.25) is 17.8 Å². The molecule has 0 radical (unpaired) electrons. The number of nitrogens with two attached hydrogens (primary N) is 1. The van der Waals surface area contributed by atoms with Crippen LogP contribution in [0.2, 0.25) is 0 Å². The molecular weight excluding hydrogens is 242 g/mol. The lowest BCUT2D eigenvalue weighted by Crippen LogP contribution is -2.31. The highest BCUT2D eigenvalue weighted by atomic mass is 15.3. The third-order valence-electron chi connectivity index (χ3n) is 3.05. The average Bonchev–Trinajstić information content (AvgIpc) is 2.91. The summed E-state index contributed by atoms with van der Waals surface area (Å²) in [5, 5.41) is 0. The van der Waals surface area contributed by atoms with Gasteiger partial charge in [0.1, 0.15) is 6.33 Å². The SMILES string of the molecule is CCCC(C)N(C)c1nc(N)nc(-n2ccnc2)n1. The van der Waals surface area contributed by atoms with Crippen molar-refractivity contribution in [2.75, 3.05) is 17.7 Å². The molecular formula is C12H19N7. The number of aromatic nitrogens is 5. The summed E-state index contributed by atoms with van der Waals surface area (Å²) in [6.45, 7) is 4.30. The molecule has 0 aliphatic carbocycles. The molecule has 0 aliphatic heterocycles. The Morgan fingerprint density at radius 2 is 2.16 bits per heavy atom. The van der Waals surface area contributed by atoms with E-state index in [0.29, 0.717) is 17.9 Å². The molecule has 1 atom stereocenters. The zero-order valence-corrected chi connectivity index (χ0v) is 11.5. The molecule has 2 N–H and O–H groups in total. The van der Waals surface area contributed by atoms with E-state index >= 15 is 0 Å². The predicted octanol–water partition coefficient (Wildman–Crippen LogP) is 1.26. The van der Waals surface area contributed by atoms with E-state index in [0.717, 1.165) is 12.8 Å². The van der Waals surface area contributed by atoms with Crippen molar-refractivity contribution in [3.63, 3.8) is 0 Å². The molecule has 2 rings (SSSR count). The molecule has 2 aromatic rings. The number of hydrogen-bond donors (Lipinski definition) is 1. The van der Waals surface area contributed by atoms with E-state index in [4.69, 9.17) is 5.73 Å². The second-order valence-corrected chi connectivity index (χ2v) is 4.51. The van der Waals surface area contributed by atoms with Crippen molar-refractivity contribution in [3.8, 4) is 5.95 Å². The van der Waals surface area contributed by atoms with Crippen LogP contribution in [0.25, 0.3) is 5.95 Å². The van der Waals surface area contributed by atoms with Crippen molar-refractivity contribution in [1.29, 1.82) is 0 Å². The first-order chi connectivity index (χ1) is 9.11. The summed E-state index contributed by atoms with van der Waals surface area (Å²) < 4.78 is 1.71. The molecule has 0 fully saturated rings. The normalized spacial score (nSPS) is 12.4. The van der Waals surface area contributed by atoms with Gasteiger partial charge in [-0.1, -0.05) is 13.3 Å². The van der Waals surface area contributed by atoms with E-state index in [1.165, 1.54) is 0 Å². The van der Waals surface area contributed by atoms with Crippen LogP contribution in [-0.2, 0) is 0 Å². The number of hydrogen-bond acceptors (Lipinski definition) is 6. The van der Waals surface area contributed by atoms with Gasteiger partial charge in [0.05, 0.1) is 0 Å². The lowest BCUT2D eigenvalue weighted by molar-refractivity contribution is 0.603. The molecule has 0 saturated heterocycles. The highest BCUT2D eigenvalue weighted by molar-refractivity contribution is 5.37. The van der Waals surface area contributed by atoms with Crippen LogP contribution in [0.3, 0.4) is 0 Å². The molecule has 0 aromatic carbocycles. The van der Waals surface area contributed by atoms with Crippen molar-refractivity contribution < 1.29 is 0 Å². The van der Waals surface area contributed by atoms with Gasteiger partial charge in [-0.25, -0.2) is 4.98 Å². The fourth-order valence-corrected chi connectivity index (χ4v) is 1.83. The van der Waals surface area contributed by atoms with Gasteiger partial charge in [-0.3, -0.25) is 4.57 Å². The Balaban J connectivity index is 2.31. The molecule has 0 aliphatic rings. The standard InChI is InChI=1S/C12H19N7/c1-4-5-9(2)18(3)11-15-10(13)16-12(17-11)19-7-6-14-8-19/h6-9H,4-5H2,1-3H3,(H2,13,15,16,17). The lowest BCUT2D eigenvalue weighted by atomic mass is 10.2. The summed E-state index contributed by atoms with van der Waals surface area (Å²) in [6, 6.07) is 0.349. The highest BCUT2D eigenvalue weighted by Crippen LogP contribution is 2.15. The number of nitrogen functional groups attached to an aromatic ring is 1. The third kappa shape index (κ3) is 2.98. The number of imidazole rings is 1. The van der Waals surface area contributed by atoms with Crippen LogP contribution in [0, 0.1) is 0 Å². The fraction of sp³-hybridized carbons (Fsp3) is 0.500. The molecule has 19 heavy (non-hydrogen) atoms. The van der Waals surface area contributed by atoms with E-state index in [2.05, 4.69) is 33.8 Å². The van der Waals surface area contributed by atoms with E-state index < -0.39 is 0 Å². The minimum Gasteiger partial charge on any atom is -0.368 e. The summed E-state index contributed by atoms with van der Waals surface area (Å²) in [5.74, 6) is 1.27. The number of anilines is 2. The van der Waals surface area contributed by atoms with Crippen LogP contribution in [0.15, 0.2) is 18.7 Å². The Hall–Kier alpha value is -2.18. The maximum Gasteiger partial charge on any atom is 0.241 e. The van der Waals surface area contributed by atoms with Crippen LogP contribution >= 0.6 is 0 Å². The Labute approximate surface area is 112 Å². The number of rotatable bonds is 5. The Bertz CT molecular complexity index is 523. The lowest BCUT2D eigenvalue weighted by Gasteiger charge is -2.24. The van der Waals surface area contributed by atoms with Crippen LogP contribution in [0.5, 0.6) is 0 Å². The first kappa shape index (κ1) is 13.3. The van der Waals surface area contributed by atoms with E-state index in [9.17, 15) is 0 Å². The zero-order valence-electron chi connectivity index (χ0n) is 11.5. The zero-order chi connectivity index (χ0) is 13.8. The summed E-state index contributed by atoms with van der Waals surface area (Å²) in [6.07, 6.45) is 7.26. The molecule has 0 saturated carbocycles. The molecule has 2 heterocycles. The van der Waals surface area contributed by atoms with E-state index in [1.54, 1.807) is 23.3 Å². The van der Waals surface area contributed by atoms with Gasteiger partial charge in [0, 0.05) is 25.5 Å². The Kier molecular flexibility index (Phi) is 3.94. The second-order valence-electron chi connectivity index (χ2n) is 4.51. The van der Waals surface area contributed by atoms with Gasteiger partial charge < -0.3 is 10.6 Å². The van der Waals surface area contributed by atoms with E-state index in [1.807, 2.05) is 11.9 Å². The quantitative estimate of drug-likeness (QED) is 0.872. The fourth-order valence-electron chi connectivity index (χ4n) is 1.83. The summed E-state index contributed by atoms with van der Waals surface area (Å²) in [4.78, 5) is 18.7. The molecule has 1 unspecified atom stereocenters. The van der Waals surface area contributed by atoms with Crippen molar-refractivity contribution in [2.45, 2.75) is 32.7 Å². The van der Waals surface area contributed by atoms with Crippen molar-refractivity contribution in [1.82, 2.24) is 24.5 Å². The monoisotopic (exact) mass is 261 g/mol. The van der Waals surface area contributed by atoms with E-state index in [-0.39, 0.29) is 5.95 Å². The molecule has 7 nitrogen and oxygen atoms in total. The Morgan fingerprint density at radius 3 is 2.79 bits per heavy atom. The predicted molar refractivity (Wildman–Crippen MR) is 74.1 cm³/mol. The van der Waals surface area contributed by atoms with Crippen molar-refractivity contribution in [2.24, 2.45) is 0 Å². The molecule has 0 amide bonds. The van der Waals surface area contributed by atoms with Gasteiger partial charge >= 0.3 is 0 Å². The van der Waals surface area contributed by atoms with Crippen LogP contribution in [0.4, 0.5) is 11.9 Å². The molecule has 0 spiro atoms. The van der Waals surface area contributed by atoms with Gasteiger partial charge in [0.25, 0.3) is 0 Å². The first-order valence-electron chi connectivity index (χ1n) is 6.34. The summed E-state index contributed by atoms with van der Waals surface area (Å²) in [7, 11) is 1.97. The van der Waals surface area contributed by atoms with Crippen molar-refractivity contribution in [3.05, 3.63) is 18.7 Å². The maximum atomic E-state index is 5.75. The van der Waals surface area contributed by atoms with Gasteiger partial charge in [-0.2, -0.15) is 15.0 Å². The van der Waals surface area contributed by atoms with Gasteiger partial charge in [-0.05, 0) is 13.3 Å². The second kappa shape index (κ2) is 5.64. The number of nitrogens with zero attached hydrogens (tertiary/aromatic N) is 6. The van der Waals surface area contributed by atoms with Crippen LogP contribution in [-0.4, -0.2) is 37.6 Å². The molecule has 0 bridgehead atoms. The highest BCUT2D eigenvalue weighted by Gasteiger charge is 2.14. The summed E-state index contributed by atoms with van der Waals surface area (Å²) >= 11 is 0. The largest absolute Gasteiger partial charge is 0.368 e. The maximum absolute atomic E-state index is 5.75. The average molecular weight is 261 g/mol. The topological polar surface area (TPSA) is 85.8 Å². The molecule has 2 aromatic heterocycles. The van der Waals surface area contributed by atoms with Gasteiger partial charge in [0.15, 0.2) is 0 Å². The van der Waals surface area contributed by atoms with Gasteiger partial charge in [-0.15, -0.1) is 0 Å². The van der Waals surface area contributed by atoms with Crippen molar-refractivity contribution >= 4 is 11.9 Å². The molecule has 102 valence electrons. The minimum atomic E-state index is 0.212. The summed E-state index contributed by atoms with van der Waals surface area (Å²) in [5.41, 5.74) is 5.75. The third-order valence-corrected chi connectivity index (χ3v) is 3.05.